The van der Waals surface area contributed by atoms with Crippen LogP contribution < -0.4 is 0 Å². The SMILES string of the molecule is CC(OC(=O)c1csc(-c2cccc(Cl)c2)n1)C(=O)N1CCN(Cc2ccccc2)CC1. The van der Waals surface area contributed by atoms with Crippen LogP contribution in [0.1, 0.15) is 23.0 Å². The van der Waals surface area contributed by atoms with Gasteiger partial charge in [-0.1, -0.05) is 54.1 Å². The third-order valence-electron chi connectivity index (χ3n) is 5.35. The van der Waals surface area contributed by atoms with Gasteiger partial charge in [-0.3, -0.25) is 9.69 Å². The first-order valence-corrected chi connectivity index (χ1v) is 11.7. The van der Waals surface area contributed by atoms with Crippen LogP contribution >= 0.6 is 22.9 Å². The van der Waals surface area contributed by atoms with Crippen molar-refractivity contribution in [2.24, 2.45) is 0 Å². The maximum atomic E-state index is 12.8. The number of aromatic nitrogens is 1. The fourth-order valence-corrected chi connectivity index (χ4v) is 4.59. The normalized spacial score (nSPS) is 15.4. The summed E-state index contributed by atoms with van der Waals surface area (Å²) in [4.78, 5) is 33.8. The lowest BCUT2D eigenvalue weighted by molar-refractivity contribution is -0.141. The maximum absolute atomic E-state index is 12.8. The Hall–Kier alpha value is -2.74. The van der Waals surface area contributed by atoms with E-state index in [0.29, 0.717) is 23.1 Å². The zero-order valence-corrected chi connectivity index (χ0v) is 19.3. The highest BCUT2D eigenvalue weighted by atomic mass is 35.5. The van der Waals surface area contributed by atoms with Crippen molar-refractivity contribution in [1.29, 1.82) is 0 Å². The minimum atomic E-state index is -0.862. The predicted molar refractivity (Wildman–Crippen MR) is 126 cm³/mol. The fourth-order valence-electron chi connectivity index (χ4n) is 3.62. The zero-order valence-electron chi connectivity index (χ0n) is 17.7. The van der Waals surface area contributed by atoms with Crippen LogP contribution in [-0.2, 0) is 16.1 Å². The maximum Gasteiger partial charge on any atom is 0.358 e. The van der Waals surface area contributed by atoms with Gasteiger partial charge in [-0.2, -0.15) is 0 Å². The molecule has 166 valence electrons. The van der Waals surface area contributed by atoms with Crippen molar-refractivity contribution >= 4 is 34.8 Å². The third kappa shape index (κ3) is 5.54. The van der Waals surface area contributed by atoms with Gasteiger partial charge in [0, 0.05) is 48.7 Å². The lowest BCUT2D eigenvalue weighted by atomic mass is 10.2. The van der Waals surface area contributed by atoms with E-state index in [0.717, 1.165) is 25.2 Å². The van der Waals surface area contributed by atoms with Crippen molar-refractivity contribution < 1.29 is 14.3 Å². The van der Waals surface area contributed by atoms with Crippen molar-refractivity contribution in [2.75, 3.05) is 26.2 Å². The minimum absolute atomic E-state index is 0.178. The van der Waals surface area contributed by atoms with Gasteiger partial charge in [-0.15, -0.1) is 11.3 Å². The van der Waals surface area contributed by atoms with Crippen LogP contribution in [0, 0.1) is 0 Å². The summed E-state index contributed by atoms with van der Waals surface area (Å²) in [5.41, 5.74) is 2.28. The Morgan fingerprint density at radius 1 is 1.09 bits per heavy atom. The molecule has 3 aromatic rings. The van der Waals surface area contributed by atoms with E-state index in [1.807, 2.05) is 30.3 Å². The molecule has 6 nitrogen and oxygen atoms in total. The van der Waals surface area contributed by atoms with Gasteiger partial charge in [0.15, 0.2) is 11.8 Å². The Morgan fingerprint density at radius 3 is 2.56 bits per heavy atom. The summed E-state index contributed by atoms with van der Waals surface area (Å²) in [5, 5.41) is 2.91. The summed E-state index contributed by atoms with van der Waals surface area (Å²) in [6, 6.07) is 17.6. The molecular formula is C24H24ClN3O3S. The Balaban J connectivity index is 1.29. The number of thiazole rings is 1. The van der Waals surface area contributed by atoms with E-state index in [1.54, 1.807) is 29.3 Å². The van der Waals surface area contributed by atoms with Gasteiger partial charge in [0.25, 0.3) is 5.91 Å². The van der Waals surface area contributed by atoms with E-state index in [1.165, 1.54) is 16.9 Å². The molecule has 1 saturated heterocycles. The first-order chi connectivity index (χ1) is 15.5. The van der Waals surface area contributed by atoms with Crippen LogP contribution in [-0.4, -0.2) is 58.9 Å². The lowest BCUT2D eigenvalue weighted by Gasteiger charge is -2.35. The van der Waals surface area contributed by atoms with E-state index >= 15 is 0 Å². The molecule has 1 unspecified atom stereocenters. The summed E-state index contributed by atoms with van der Waals surface area (Å²) in [5.74, 6) is -0.777. The van der Waals surface area contributed by atoms with Crippen molar-refractivity contribution in [1.82, 2.24) is 14.8 Å². The molecule has 0 bridgehead atoms. The van der Waals surface area contributed by atoms with E-state index in [4.69, 9.17) is 16.3 Å². The first kappa shape index (κ1) is 22.5. The number of amides is 1. The number of carbonyl (C=O) groups excluding carboxylic acids is 2. The summed E-state index contributed by atoms with van der Waals surface area (Å²) in [7, 11) is 0. The van der Waals surface area contributed by atoms with Crippen LogP contribution in [0.15, 0.2) is 60.0 Å². The molecule has 2 aromatic carbocycles. The summed E-state index contributed by atoms with van der Waals surface area (Å²) in [6.45, 7) is 5.28. The summed E-state index contributed by atoms with van der Waals surface area (Å²) >= 11 is 7.36. The topological polar surface area (TPSA) is 62.7 Å². The average molecular weight is 470 g/mol. The first-order valence-electron chi connectivity index (χ1n) is 10.5. The molecule has 4 rings (SSSR count). The highest BCUT2D eigenvalue weighted by Crippen LogP contribution is 2.26. The number of carbonyl (C=O) groups is 2. The van der Waals surface area contributed by atoms with E-state index < -0.39 is 12.1 Å². The highest BCUT2D eigenvalue weighted by Gasteiger charge is 2.28. The second-order valence-corrected chi connectivity index (χ2v) is 8.98. The van der Waals surface area contributed by atoms with Crippen LogP contribution in [0.5, 0.6) is 0 Å². The molecule has 1 aliphatic rings. The number of esters is 1. The molecule has 0 N–H and O–H groups in total. The van der Waals surface area contributed by atoms with E-state index in [-0.39, 0.29) is 11.6 Å². The quantitative estimate of drug-likeness (QED) is 0.502. The van der Waals surface area contributed by atoms with Crippen molar-refractivity contribution in [2.45, 2.75) is 19.6 Å². The molecule has 32 heavy (non-hydrogen) atoms. The molecule has 1 aliphatic heterocycles. The van der Waals surface area contributed by atoms with Crippen molar-refractivity contribution in [3.05, 3.63) is 76.3 Å². The monoisotopic (exact) mass is 469 g/mol. The number of benzene rings is 2. The van der Waals surface area contributed by atoms with Gasteiger partial charge in [-0.25, -0.2) is 9.78 Å². The number of rotatable bonds is 6. The van der Waals surface area contributed by atoms with E-state index in [2.05, 4.69) is 22.0 Å². The largest absolute Gasteiger partial charge is 0.448 e. The molecule has 0 saturated carbocycles. The molecule has 1 aromatic heterocycles. The number of halogens is 1. The molecule has 0 radical (unpaired) electrons. The van der Waals surface area contributed by atoms with Crippen molar-refractivity contribution in [3.8, 4) is 10.6 Å². The molecule has 1 amide bonds. The van der Waals surface area contributed by atoms with Gasteiger partial charge in [0.05, 0.1) is 0 Å². The molecule has 1 fully saturated rings. The van der Waals surface area contributed by atoms with Gasteiger partial charge in [-0.05, 0) is 24.6 Å². The molecule has 0 spiro atoms. The third-order valence-corrected chi connectivity index (χ3v) is 6.48. The number of piperazine rings is 1. The molecular weight excluding hydrogens is 446 g/mol. The zero-order chi connectivity index (χ0) is 22.5. The molecule has 1 atom stereocenters. The standard InChI is InChI=1S/C24H24ClN3O3S/c1-17(23(29)28-12-10-27(11-13-28)15-18-6-3-2-4-7-18)31-24(30)21-16-32-22(26-21)19-8-5-9-20(25)14-19/h2-9,14,16-17H,10-13,15H2,1H3. The van der Waals surface area contributed by atoms with Crippen LogP contribution in [0.2, 0.25) is 5.02 Å². The number of nitrogens with zero attached hydrogens (tertiary/aromatic N) is 3. The minimum Gasteiger partial charge on any atom is -0.448 e. The smallest absolute Gasteiger partial charge is 0.358 e. The van der Waals surface area contributed by atoms with Gasteiger partial charge in [0.1, 0.15) is 5.01 Å². The lowest BCUT2D eigenvalue weighted by Crippen LogP contribution is -2.51. The average Bonchev–Trinajstić information content (AvgIpc) is 3.30. The Labute approximate surface area is 196 Å². The van der Waals surface area contributed by atoms with Crippen LogP contribution in [0.3, 0.4) is 0 Å². The van der Waals surface area contributed by atoms with Gasteiger partial charge in [0.2, 0.25) is 0 Å². The highest BCUT2D eigenvalue weighted by molar-refractivity contribution is 7.13. The number of hydrogen-bond acceptors (Lipinski definition) is 6. The second kappa shape index (κ2) is 10.3. The molecule has 2 heterocycles. The number of hydrogen-bond donors (Lipinski definition) is 0. The van der Waals surface area contributed by atoms with Crippen LogP contribution in [0.25, 0.3) is 10.6 Å². The number of ether oxygens (including phenoxy) is 1. The fraction of sp³-hybridized carbons (Fsp3) is 0.292. The van der Waals surface area contributed by atoms with Gasteiger partial charge >= 0.3 is 5.97 Å². The van der Waals surface area contributed by atoms with Crippen molar-refractivity contribution in [3.63, 3.8) is 0 Å². The Bertz CT molecular complexity index is 1080. The Kier molecular flexibility index (Phi) is 7.19. The Morgan fingerprint density at radius 2 is 1.84 bits per heavy atom. The van der Waals surface area contributed by atoms with Crippen LogP contribution in [0.4, 0.5) is 0 Å². The van der Waals surface area contributed by atoms with E-state index in [9.17, 15) is 9.59 Å². The molecule has 8 heteroatoms. The van der Waals surface area contributed by atoms with Gasteiger partial charge < -0.3 is 9.64 Å². The predicted octanol–water partition coefficient (Wildman–Crippen LogP) is 4.35. The second-order valence-electron chi connectivity index (χ2n) is 7.68. The summed E-state index contributed by atoms with van der Waals surface area (Å²) in [6.07, 6.45) is -0.862. The summed E-state index contributed by atoms with van der Waals surface area (Å²) < 4.78 is 5.42. The molecule has 0 aliphatic carbocycles.